The Morgan fingerprint density at radius 3 is 2.27 bits per heavy atom. The first-order chi connectivity index (χ1) is 13.9. The normalized spacial score (nSPS) is 21.7. The molecule has 168 valence electrons. The zero-order valence-corrected chi connectivity index (χ0v) is 17.7. The molecule has 0 saturated carbocycles. The van der Waals surface area contributed by atoms with E-state index in [-0.39, 0.29) is 26.2 Å². The lowest BCUT2D eigenvalue weighted by Crippen LogP contribution is -2.69. The van der Waals surface area contributed by atoms with Crippen LogP contribution in [0.15, 0.2) is 12.4 Å². The number of amides is 4. The van der Waals surface area contributed by atoms with Crippen molar-refractivity contribution >= 4 is 24.0 Å². The van der Waals surface area contributed by atoms with E-state index in [1.807, 2.05) is 0 Å². The lowest BCUT2D eigenvalue weighted by Gasteiger charge is -2.46. The van der Waals surface area contributed by atoms with E-state index in [9.17, 15) is 24.3 Å². The number of likely N-dealkylation sites (tertiary alicyclic amines) is 1. The fourth-order valence-electron chi connectivity index (χ4n) is 3.46. The van der Waals surface area contributed by atoms with Crippen molar-refractivity contribution in [1.29, 1.82) is 0 Å². The smallest absolute Gasteiger partial charge is 0.410 e. The van der Waals surface area contributed by atoms with Crippen LogP contribution in [0, 0.1) is 5.92 Å². The highest BCUT2D eigenvalue weighted by Crippen LogP contribution is 2.32. The number of rotatable bonds is 6. The molecule has 2 saturated heterocycles. The zero-order valence-electron chi connectivity index (χ0n) is 17.7. The van der Waals surface area contributed by atoms with E-state index in [4.69, 9.17) is 10.5 Å². The van der Waals surface area contributed by atoms with Gasteiger partial charge in [0.25, 0.3) is 0 Å². The maximum atomic E-state index is 12.8. The van der Waals surface area contributed by atoms with Crippen molar-refractivity contribution < 1.29 is 29.0 Å². The van der Waals surface area contributed by atoms with E-state index < -0.39 is 41.6 Å². The average molecular weight is 425 g/mol. The van der Waals surface area contributed by atoms with Gasteiger partial charge in [-0.05, 0) is 33.6 Å². The number of piperazine rings is 1. The van der Waals surface area contributed by atoms with Gasteiger partial charge in [0, 0.05) is 32.7 Å². The van der Waals surface area contributed by atoms with Crippen molar-refractivity contribution in [3.8, 4) is 0 Å². The second kappa shape index (κ2) is 9.23. The fraction of sp³-hybridized carbons (Fsp3) is 0.684. The Labute approximate surface area is 175 Å². The molecule has 2 fully saturated rings. The Kier molecular flexibility index (Phi) is 7.16. The summed E-state index contributed by atoms with van der Waals surface area (Å²) in [7, 11) is 0. The third kappa shape index (κ3) is 5.55. The largest absolute Gasteiger partial charge is 0.480 e. The zero-order chi connectivity index (χ0) is 22.6. The van der Waals surface area contributed by atoms with Crippen molar-refractivity contribution in [2.75, 3.05) is 32.7 Å². The number of urea groups is 1. The third-order valence-corrected chi connectivity index (χ3v) is 4.92. The monoisotopic (exact) mass is 425 g/mol. The molecule has 0 aromatic rings. The summed E-state index contributed by atoms with van der Waals surface area (Å²) in [5, 5.41) is 12.3. The molecule has 4 N–H and O–H groups in total. The SMILES string of the molecule is C=C(N)NCCCC1C(=O)N(C(=O)N2CCN(C(=O)OC(C)(C)C)CC2)C1C(=O)O. The minimum absolute atomic E-state index is 0.196. The molecule has 0 aromatic carbocycles. The predicted molar refractivity (Wildman–Crippen MR) is 107 cm³/mol. The van der Waals surface area contributed by atoms with Crippen LogP contribution in [0.2, 0.25) is 0 Å². The van der Waals surface area contributed by atoms with Gasteiger partial charge in [0.15, 0.2) is 6.04 Å². The number of ether oxygens (including phenoxy) is 1. The van der Waals surface area contributed by atoms with Gasteiger partial charge >= 0.3 is 18.1 Å². The Morgan fingerprint density at radius 1 is 1.20 bits per heavy atom. The van der Waals surface area contributed by atoms with E-state index in [0.717, 1.165) is 4.90 Å². The second-order valence-corrected chi connectivity index (χ2v) is 8.43. The molecule has 30 heavy (non-hydrogen) atoms. The molecule has 0 spiro atoms. The van der Waals surface area contributed by atoms with E-state index in [1.54, 1.807) is 20.8 Å². The lowest BCUT2D eigenvalue weighted by molar-refractivity contribution is -0.167. The van der Waals surface area contributed by atoms with Crippen molar-refractivity contribution in [3.05, 3.63) is 12.4 Å². The molecule has 2 heterocycles. The van der Waals surface area contributed by atoms with Crippen molar-refractivity contribution in [3.63, 3.8) is 0 Å². The van der Waals surface area contributed by atoms with Crippen LogP contribution in [-0.2, 0) is 14.3 Å². The summed E-state index contributed by atoms with van der Waals surface area (Å²) < 4.78 is 5.32. The summed E-state index contributed by atoms with van der Waals surface area (Å²) in [6.45, 7) is 10.2. The van der Waals surface area contributed by atoms with E-state index in [1.165, 1.54) is 9.80 Å². The van der Waals surface area contributed by atoms with E-state index in [2.05, 4.69) is 11.9 Å². The molecule has 0 bridgehead atoms. The van der Waals surface area contributed by atoms with Gasteiger partial charge < -0.3 is 30.7 Å². The maximum absolute atomic E-state index is 12.8. The number of carboxylic acid groups (broad SMARTS) is 1. The highest BCUT2D eigenvalue weighted by Gasteiger charge is 2.55. The maximum Gasteiger partial charge on any atom is 0.410 e. The van der Waals surface area contributed by atoms with Crippen LogP contribution >= 0.6 is 0 Å². The summed E-state index contributed by atoms with van der Waals surface area (Å²) in [6, 6.07) is -1.82. The standard InChI is InChI=1S/C19H31N5O6/c1-12(20)21-7-5-6-13-14(16(26)27)24(15(13)25)17(28)22-8-10-23(11-9-22)18(29)30-19(2,3)4/h13-14,21H,1,5-11,20H2,2-4H3,(H,26,27). The van der Waals surface area contributed by atoms with Crippen LogP contribution in [0.1, 0.15) is 33.6 Å². The molecular weight excluding hydrogens is 394 g/mol. The predicted octanol–water partition coefficient (Wildman–Crippen LogP) is 0.370. The van der Waals surface area contributed by atoms with Gasteiger partial charge in [-0.3, -0.25) is 4.79 Å². The number of nitrogens with one attached hydrogen (secondary N) is 1. The number of imide groups is 1. The highest BCUT2D eigenvalue weighted by molar-refractivity contribution is 6.07. The van der Waals surface area contributed by atoms with Gasteiger partial charge in [-0.25, -0.2) is 19.3 Å². The number of hydrogen-bond donors (Lipinski definition) is 3. The van der Waals surface area contributed by atoms with Crippen molar-refractivity contribution in [2.24, 2.45) is 11.7 Å². The number of carbonyl (C=O) groups excluding carboxylic acids is 3. The van der Waals surface area contributed by atoms with Crippen LogP contribution < -0.4 is 11.1 Å². The van der Waals surface area contributed by atoms with Crippen LogP contribution in [0.4, 0.5) is 9.59 Å². The molecule has 11 nitrogen and oxygen atoms in total. The minimum Gasteiger partial charge on any atom is -0.480 e. The van der Waals surface area contributed by atoms with Gasteiger partial charge in [0.05, 0.1) is 11.7 Å². The molecule has 0 aromatic heterocycles. The van der Waals surface area contributed by atoms with Gasteiger partial charge in [-0.15, -0.1) is 0 Å². The summed E-state index contributed by atoms with van der Waals surface area (Å²) in [5.74, 6) is -2.15. The number of hydrogen-bond acceptors (Lipinski definition) is 7. The van der Waals surface area contributed by atoms with Gasteiger partial charge in [-0.1, -0.05) is 6.58 Å². The minimum atomic E-state index is -1.21. The highest BCUT2D eigenvalue weighted by atomic mass is 16.6. The van der Waals surface area contributed by atoms with Crippen molar-refractivity contribution in [2.45, 2.75) is 45.3 Å². The Bertz CT molecular complexity index is 711. The molecule has 11 heteroatoms. The average Bonchev–Trinajstić information content (AvgIpc) is 2.63. The van der Waals surface area contributed by atoms with Crippen LogP contribution in [0.3, 0.4) is 0 Å². The van der Waals surface area contributed by atoms with E-state index in [0.29, 0.717) is 25.2 Å². The van der Waals surface area contributed by atoms with Crippen LogP contribution in [0.25, 0.3) is 0 Å². The molecule has 0 radical (unpaired) electrons. The first-order valence-electron chi connectivity index (χ1n) is 9.93. The van der Waals surface area contributed by atoms with Crippen molar-refractivity contribution in [1.82, 2.24) is 20.0 Å². The van der Waals surface area contributed by atoms with Gasteiger partial charge in [0.2, 0.25) is 5.91 Å². The summed E-state index contributed by atoms with van der Waals surface area (Å²) in [4.78, 5) is 52.7. The number of nitrogens with zero attached hydrogens (tertiary/aromatic N) is 3. The summed E-state index contributed by atoms with van der Waals surface area (Å²) in [5.41, 5.74) is 4.78. The Balaban J connectivity index is 1.90. The fourth-order valence-corrected chi connectivity index (χ4v) is 3.46. The molecule has 2 aliphatic heterocycles. The number of β-lactam (4-membered cyclic amide) rings is 1. The first-order valence-corrected chi connectivity index (χ1v) is 9.93. The number of nitrogens with two attached hydrogens (primary N) is 1. The molecular formula is C19H31N5O6. The lowest BCUT2D eigenvalue weighted by atomic mass is 9.83. The number of carbonyl (C=O) groups is 4. The number of aliphatic carboxylic acids is 1. The van der Waals surface area contributed by atoms with Gasteiger partial charge in [0.1, 0.15) is 5.60 Å². The Hall–Kier alpha value is -2.98. The molecule has 4 amide bonds. The topological polar surface area (TPSA) is 146 Å². The molecule has 2 unspecified atom stereocenters. The van der Waals surface area contributed by atoms with Crippen LogP contribution in [-0.4, -0.2) is 88.2 Å². The molecule has 0 aliphatic carbocycles. The summed E-state index contributed by atoms with van der Waals surface area (Å²) >= 11 is 0. The Morgan fingerprint density at radius 2 is 1.77 bits per heavy atom. The van der Waals surface area contributed by atoms with E-state index >= 15 is 0 Å². The molecule has 2 aliphatic rings. The second-order valence-electron chi connectivity index (χ2n) is 8.43. The summed E-state index contributed by atoms with van der Waals surface area (Å²) in [6.07, 6.45) is 0.381. The third-order valence-electron chi connectivity index (χ3n) is 4.92. The quantitative estimate of drug-likeness (QED) is 0.409. The molecule has 2 rings (SSSR count). The molecule has 2 atom stereocenters. The number of carboxylic acids is 1. The van der Waals surface area contributed by atoms with Gasteiger partial charge in [-0.2, -0.15) is 0 Å². The first kappa shape index (κ1) is 23.3. The van der Waals surface area contributed by atoms with Crippen LogP contribution in [0.5, 0.6) is 0 Å².